The number of carbonyl (C=O) groups is 2. The van der Waals surface area contributed by atoms with E-state index in [1.807, 2.05) is 57.5 Å². The number of nitrogens with zero attached hydrogens (tertiary/aromatic N) is 2. The van der Waals surface area contributed by atoms with Crippen LogP contribution < -0.4 is 0 Å². The molecule has 0 fully saturated rings. The second-order valence-corrected chi connectivity index (χ2v) is 10.6. The second kappa shape index (κ2) is 10.9. The van der Waals surface area contributed by atoms with Crippen molar-refractivity contribution in [2.75, 3.05) is 0 Å². The van der Waals surface area contributed by atoms with Crippen LogP contribution in [0.1, 0.15) is 83.7 Å². The Hall–Kier alpha value is -2.47. The lowest BCUT2D eigenvalue weighted by molar-refractivity contribution is -0.150. The van der Waals surface area contributed by atoms with Crippen molar-refractivity contribution in [3.8, 4) is 0 Å². The molecule has 4 unspecified atom stereocenters. The molecule has 0 aliphatic carbocycles. The third-order valence-electron chi connectivity index (χ3n) is 7.45. The van der Waals surface area contributed by atoms with E-state index in [0.717, 1.165) is 41.7 Å². The van der Waals surface area contributed by atoms with Gasteiger partial charge >= 0.3 is 5.97 Å². The van der Waals surface area contributed by atoms with Crippen LogP contribution >= 0.6 is 0 Å². The normalized spacial score (nSPS) is 28.6. The van der Waals surface area contributed by atoms with Gasteiger partial charge in [0, 0.05) is 31.2 Å². The minimum atomic E-state index is -0.712. The zero-order chi connectivity index (χ0) is 25.0. The van der Waals surface area contributed by atoms with Crippen molar-refractivity contribution in [2.45, 2.75) is 85.4 Å². The number of aliphatic hydroxyl groups is 1. The molecular formula is C28H40N2O4. The van der Waals surface area contributed by atoms with Crippen molar-refractivity contribution in [1.82, 2.24) is 9.55 Å². The summed E-state index contributed by atoms with van der Waals surface area (Å²) in [5.41, 5.74) is 2.14. The minimum absolute atomic E-state index is 0.000775. The number of hydrogen-bond donors (Lipinski definition) is 1. The van der Waals surface area contributed by atoms with Crippen molar-refractivity contribution in [2.24, 2.45) is 24.3 Å². The first kappa shape index (κ1) is 26.1. The molecule has 1 N–H and O–H groups in total. The average molecular weight is 469 g/mol. The molecule has 186 valence electrons. The van der Waals surface area contributed by atoms with Crippen molar-refractivity contribution in [1.29, 1.82) is 0 Å². The summed E-state index contributed by atoms with van der Waals surface area (Å²) < 4.78 is 7.98. The number of rotatable bonds is 1. The number of fused-ring (bicyclic) bond motifs is 1. The maximum Gasteiger partial charge on any atom is 0.306 e. The molecule has 1 aromatic carbocycles. The van der Waals surface area contributed by atoms with E-state index in [1.54, 1.807) is 6.92 Å². The van der Waals surface area contributed by atoms with E-state index in [9.17, 15) is 14.7 Å². The van der Waals surface area contributed by atoms with Gasteiger partial charge in [-0.15, -0.1) is 0 Å². The number of ketones is 1. The predicted octanol–water partition coefficient (Wildman–Crippen LogP) is 5.60. The van der Waals surface area contributed by atoms with Crippen LogP contribution in [0.15, 0.2) is 30.4 Å². The Kier molecular flexibility index (Phi) is 8.34. The molecule has 6 heteroatoms. The highest BCUT2D eigenvalue weighted by atomic mass is 16.5. The van der Waals surface area contributed by atoms with Crippen LogP contribution in [0.2, 0.25) is 0 Å². The highest BCUT2D eigenvalue weighted by Gasteiger charge is 2.36. The lowest BCUT2D eigenvalue weighted by Crippen LogP contribution is -2.39. The molecule has 2 heterocycles. The number of allylic oxidation sites excluding steroid dienone is 1. The van der Waals surface area contributed by atoms with E-state index in [0.29, 0.717) is 12.8 Å². The molecule has 1 aliphatic rings. The van der Waals surface area contributed by atoms with Crippen LogP contribution in [0.4, 0.5) is 0 Å². The fourth-order valence-electron chi connectivity index (χ4n) is 4.88. The van der Waals surface area contributed by atoms with E-state index in [4.69, 9.17) is 4.74 Å². The third kappa shape index (κ3) is 5.96. The standard InChI is InChI=1S/C28H40N2O4/c1-18-11-9-7-8-10-12-24(21-13-14-23-22(17-21)29-20(3)30(23)6)34-25(31)15-16-28(4,5)27(33)19(2)26(18)32/h8,10,13-14,17-19,24,26,32H,7,9,11-12,15-16H2,1-6H3/b10-8-. The summed E-state index contributed by atoms with van der Waals surface area (Å²) in [6, 6.07) is 6.04. The maximum atomic E-state index is 13.1. The van der Waals surface area contributed by atoms with Gasteiger partial charge in [0.1, 0.15) is 17.7 Å². The number of ether oxygens (including phenoxy) is 1. The van der Waals surface area contributed by atoms with E-state index >= 15 is 0 Å². The van der Waals surface area contributed by atoms with Crippen LogP contribution in [-0.4, -0.2) is 32.5 Å². The summed E-state index contributed by atoms with van der Waals surface area (Å²) in [4.78, 5) is 30.6. The monoisotopic (exact) mass is 468 g/mol. The molecule has 34 heavy (non-hydrogen) atoms. The fourth-order valence-corrected chi connectivity index (χ4v) is 4.88. The first-order chi connectivity index (χ1) is 16.0. The Balaban J connectivity index is 1.84. The molecule has 3 rings (SSSR count). The van der Waals surface area contributed by atoms with Crippen LogP contribution in [0.25, 0.3) is 11.0 Å². The van der Waals surface area contributed by atoms with Crippen LogP contribution in [0.5, 0.6) is 0 Å². The van der Waals surface area contributed by atoms with Gasteiger partial charge in [0.05, 0.1) is 17.1 Å². The van der Waals surface area contributed by atoms with Gasteiger partial charge in [-0.3, -0.25) is 9.59 Å². The maximum absolute atomic E-state index is 13.1. The quantitative estimate of drug-likeness (QED) is 0.435. The van der Waals surface area contributed by atoms with Gasteiger partial charge in [-0.25, -0.2) is 4.98 Å². The molecule has 0 radical (unpaired) electrons. The summed E-state index contributed by atoms with van der Waals surface area (Å²) in [6.45, 7) is 9.50. The predicted molar refractivity (Wildman–Crippen MR) is 134 cm³/mol. The number of imidazole rings is 1. The molecule has 1 aromatic heterocycles. The number of aromatic nitrogens is 2. The van der Waals surface area contributed by atoms with Crippen molar-refractivity contribution >= 4 is 22.8 Å². The average Bonchev–Trinajstić information content (AvgIpc) is 3.09. The van der Waals surface area contributed by atoms with Gasteiger partial charge in [0.25, 0.3) is 0 Å². The number of Topliss-reactive ketones (excluding diaryl/α,β-unsaturated/α-hetero) is 1. The van der Waals surface area contributed by atoms with E-state index in [-0.39, 0.29) is 24.1 Å². The lowest BCUT2D eigenvalue weighted by atomic mass is 9.74. The van der Waals surface area contributed by atoms with E-state index < -0.39 is 23.5 Å². The Bertz CT molecular complexity index is 1050. The molecule has 4 atom stereocenters. The van der Waals surface area contributed by atoms with Gasteiger partial charge in [0.2, 0.25) is 0 Å². The number of aryl methyl sites for hydroxylation is 2. The highest BCUT2D eigenvalue weighted by molar-refractivity contribution is 5.87. The van der Waals surface area contributed by atoms with Crippen molar-refractivity contribution in [3.05, 3.63) is 41.7 Å². The van der Waals surface area contributed by atoms with Gasteiger partial charge in [-0.2, -0.15) is 0 Å². The van der Waals surface area contributed by atoms with Gasteiger partial charge in [-0.1, -0.05) is 45.9 Å². The number of cyclic esters (lactones) is 1. The summed E-state index contributed by atoms with van der Waals surface area (Å²) in [5.74, 6) is 0.194. The van der Waals surface area contributed by atoms with E-state index in [2.05, 4.69) is 17.1 Å². The van der Waals surface area contributed by atoms with Crippen molar-refractivity contribution in [3.63, 3.8) is 0 Å². The molecule has 0 saturated heterocycles. The smallest absolute Gasteiger partial charge is 0.306 e. The molecule has 0 spiro atoms. The van der Waals surface area contributed by atoms with Crippen LogP contribution in [0, 0.1) is 24.2 Å². The summed E-state index contributed by atoms with van der Waals surface area (Å²) in [6.07, 6.45) is 6.92. The van der Waals surface area contributed by atoms with Crippen LogP contribution in [0.3, 0.4) is 0 Å². The molecule has 2 aromatic rings. The zero-order valence-corrected chi connectivity index (χ0v) is 21.5. The number of carbonyl (C=O) groups excluding carboxylic acids is 2. The topological polar surface area (TPSA) is 81.4 Å². The van der Waals surface area contributed by atoms with E-state index in [1.165, 1.54) is 0 Å². The van der Waals surface area contributed by atoms with Gasteiger partial charge < -0.3 is 14.4 Å². The van der Waals surface area contributed by atoms with Crippen molar-refractivity contribution < 1.29 is 19.4 Å². The Morgan fingerprint density at radius 2 is 1.91 bits per heavy atom. The highest BCUT2D eigenvalue weighted by Crippen LogP contribution is 2.33. The Morgan fingerprint density at radius 1 is 1.18 bits per heavy atom. The molecule has 6 nitrogen and oxygen atoms in total. The minimum Gasteiger partial charge on any atom is -0.457 e. The number of aliphatic hydroxyl groups excluding tert-OH is 1. The first-order valence-corrected chi connectivity index (χ1v) is 12.5. The Labute approximate surface area is 203 Å². The molecule has 0 bridgehead atoms. The lowest BCUT2D eigenvalue weighted by Gasteiger charge is -2.31. The SMILES string of the molecule is Cc1nc2cc(C3C/C=C\CCCC(C)C(O)C(C)C(=O)C(C)(C)CCC(=O)O3)ccc2n1C. The summed E-state index contributed by atoms with van der Waals surface area (Å²) in [7, 11) is 1.99. The van der Waals surface area contributed by atoms with Gasteiger partial charge in [-0.05, 0) is 56.2 Å². The largest absolute Gasteiger partial charge is 0.457 e. The molecular weight excluding hydrogens is 428 g/mol. The second-order valence-electron chi connectivity index (χ2n) is 10.6. The van der Waals surface area contributed by atoms with Gasteiger partial charge in [0.15, 0.2) is 0 Å². The number of hydrogen-bond acceptors (Lipinski definition) is 5. The Morgan fingerprint density at radius 3 is 2.65 bits per heavy atom. The molecule has 0 amide bonds. The number of esters is 1. The molecule has 0 saturated carbocycles. The first-order valence-electron chi connectivity index (χ1n) is 12.5. The zero-order valence-electron chi connectivity index (χ0n) is 21.5. The summed E-state index contributed by atoms with van der Waals surface area (Å²) >= 11 is 0. The third-order valence-corrected chi connectivity index (χ3v) is 7.45. The summed E-state index contributed by atoms with van der Waals surface area (Å²) in [5, 5.41) is 10.7. The fraction of sp³-hybridized carbons (Fsp3) is 0.607. The number of benzene rings is 1. The van der Waals surface area contributed by atoms with Crippen LogP contribution in [-0.2, 0) is 21.4 Å². The molecule has 1 aliphatic heterocycles.